The fraction of sp³-hybridized carbons (Fsp3) is 0.700. The summed E-state index contributed by atoms with van der Waals surface area (Å²) in [4.78, 5) is 12.9. The maximum Gasteiger partial charge on any atom is 0.201 e. The first-order valence-corrected chi connectivity index (χ1v) is 10.5. The molecule has 0 radical (unpaired) electrons. The molecule has 0 bridgehead atoms. The molecule has 1 atom stereocenters. The highest BCUT2D eigenvalue weighted by atomic mass is 35.5. The Morgan fingerprint density at radius 1 is 1.12 bits per heavy atom. The van der Waals surface area contributed by atoms with Gasteiger partial charge in [0, 0.05) is 28.5 Å². The lowest BCUT2D eigenvalue weighted by molar-refractivity contribution is -0.511. The van der Waals surface area contributed by atoms with Gasteiger partial charge in [-0.05, 0) is 55.4 Å². The van der Waals surface area contributed by atoms with Gasteiger partial charge in [0.15, 0.2) is 0 Å². The molecule has 1 aromatic carbocycles. The van der Waals surface area contributed by atoms with E-state index in [0.29, 0.717) is 12.0 Å². The molecule has 1 spiro atoms. The van der Waals surface area contributed by atoms with E-state index in [9.17, 15) is 0 Å². The van der Waals surface area contributed by atoms with Gasteiger partial charge in [-0.3, -0.25) is 0 Å². The molecule has 0 N–H and O–H groups in total. The van der Waals surface area contributed by atoms with Crippen molar-refractivity contribution in [2.45, 2.75) is 69.7 Å². The maximum absolute atomic E-state index is 6.21. The topological polar surface area (TPSA) is 27.7 Å². The number of halogens is 1. The first kappa shape index (κ1) is 19.5. The number of thioether (sulfide) groups is 1. The van der Waals surface area contributed by atoms with Gasteiger partial charge in [-0.2, -0.15) is 0 Å². The lowest BCUT2D eigenvalue weighted by Crippen LogP contribution is -2.53. The van der Waals surface area contributed by atoms with Crippen LogP contribution in [0.15, 0.2) is 29.2 Å². The van der Waals surface area contributed by atoms with Gasteiger partial charge in [0.05, 0.1) is 6.61 Å². The van der Waals surface area contributed by atoms with Crippen molar-refractivity contribution in [3.63, 3.8) is 0 Å². The van der Waals surface area contributed by atoms with E-state index >= 15 is 0 Å². The van der Waals surface area contributed by atoms with Crippen LogP contribution in [0.4, 0.5) is 0 Å². The molecule has 140 valence electrons. The van der Waals surface area contributed by atoms with Crippen LogP contribution in [0.3, 0.4) is 0 Å². The molecule has 1 aliphatic carbocycles. The zero-order valence-corrected chi connectivity index (χ0v) is 17.2. The smallest absolute Gasteiger partial charge is 0.201 e. The van der Waals surface area contributed by atoms with Crippen LogP contribution >= 0.6 is 23.4 Å². The summed E-state index contributed by atoms with van der Waals surface area (Å²) in [6.45, 7) is 9.57. The molecule has 0 aromatic heterocycles. The minimum atomic E-state index is -0.536. The van der Waals surface area contributed by atoms with Crippen LogP contribution in [0.1, 0.15) is 53.4 Å². The van der Waals surface area contributed by atoms with E-state index in [1.54, 1.807) is 11.8 Å². The molecule has 1 saturated heterocycles. The number of hydrogen-bond donors (Lipinski definition) is 0. The second-order valence-electron chi connectivity index (χ2n) is 8.70. The third-order valence-electron chi connectivity index (χ3n) is 5.37. The first-order chi connectivity index (χ1) is 11.7. The van der Waals surface area contributed by atoms with Crippen molar-refractivity contribution in [3.8, 4) is 0 Å². The van der Waals surface area contributed by atoms with Gasteiger partial charge in [-0.15, -0.1) is 11.8 Å². The van der Waals surface area contributed by atoms with Crippen LogP contribution in [-0.4, -0.2) is 23.7 Å². The molecule has 1 aromatic rings. The van der Waals surface area contributed by atoms with Crippen LogP contribution in [0.2, 0.25) is 5.02 Å². The molecule has 5 heteroatoms. The SMILES string of the molecule is CC1(CSc2ccc(Cl)cc2)COC2(CCC(C(C)(C)C)CC2)OO1. The quantitative estimate of drug-likeness (QED) is 0.464. The van der Waals surface area contributed by atoms with Crippen molar-refractivity contribution in [3.05, 3.63) is 29.3 Å². The Kier molecular flexibility index (Phi) is 5.77. The van der Waals surface area contributed by atoms with E-state index in [4.69, 9.17) is 26.1 Å². The summed E-state index contributed by atoms with van der Waals surface area (Å²) < 4.78 is 6.21. The lowest BCUT2D eigenvalue weighted by Gasteiger charge is -2.47. The summed E-state index contributed by atoms with van der Waals surface area (Å²) in [7, 11) is 0. The van der Waals surface area contributed by atoms with Crippen molar-refractivity contribution in [1.82, 2.24) is 0 Å². The Hall–Kier alpha value is -0.260. The summed E-state index contributed by atoms with van der Waals surface area (Å²) in [6, 6.07) is 7.86. The second-order valence-corrected chi connectivity index (χ2v) is 10.2. The highest BCUT2D eigenvalue weighted by Crippen LogP contribution is 2.46. The summed E-state index contributed by atoms with van der Waals surface area (Å²) in [5.74, 6) is 0.959. The summed E-state index contributed by atoms with van der Waals surface area (Å²) >= 11 is 7.66. The molecule has 2 aliphatic rings. The molecule has 2 fully saturated rings. The van der Waals surface area contributed by atoms with E-state index < -0.39 is 11.4 Å². The van der Waals surface area contributed by atoms with Gasteiger partial charge in [0.2, 0.25) is 5.79 Å². The highest BCUT2D eigenvalue weighted by molar-refractivity contribution is 7.99. The Balaban J connectivity index is 1.50. The summed E-state index contributed by atoms with van der Waals surface area (Å²) in [5.41, 5.74) is -0.0860. The zero-order valence-electron chi connectivity index (χ0n) is 15.6. The van der Waals surface area contributed by atoms with Crippen LogP contribution < -0.4 is 0 Å². The average Bonchev–Trinajstić information content (AvgIpc) is 2.57. The molecule has 1 saturated carbocycles. The number of rotatable bonds is 3. The van der Waals surface area contributed by atoms with Crippen molar-refractivity contribution in [2.24, 2.45) is 11.3 Å². The standard InChI is InChI=1S/C20H29ClO3S/c1-18(2,3)15-9-11-20(12-10-15)22-13-19(4,23-24-20)14-25-17-7-5-16(21)6-8-17/h5-8,15H,9-14H2,1-4H3. The fourth-order valence-electron chi connectivity index (χ4n) is 3.49. The minimum Gasteiger partial charge on any atom is -0.344 e. The highest BCUT2D eigenvalue weighted by Gasteiger charge is 2.47. The Morgan fingerprint density at radius 3 is 2.28 bits per heavy atom. The average molecular weight is 385 g/mol. The Morgan fingerprint density at radius 2 is 1.76 bits per heavy atom. The fourth-order valence-corrected chi connectivity index (χ4v) is 4.55. The predicted octanol–water partition coefficient (Wildman–Crippen LogP) is 6.10. The molecular formula is C20H29ClO3S. The van der Waals surface area contributed by atoms with E-state index in [2.05, 4.69) is 20.8 Å². The van der Waals surface area contributed by atoms with Crippen molar-refractivity contribution < 1.29 is 14.5 Å². The van der Waals surface area contributed by atoms with Gasteiger partial charge in [-0.25, -0.2) is 9.78 Å². The maximum atomic E-state index is 6.21. The van der Waals surface area contributed by atoms with Crippen LogP contribution in [0.5, 0.6) is 0 Å². The van der Waals surface area contributed by atoms with Crippen molar-refractivity contribution in [2.75, 3.05) is 12.4 Å². The summed E-state index contributed by atoms with van der Waals surface area (Å²) in [6.07, 6.45) is 4.08. The molecule has 25 heavy (non-hydrogen) atoms. The second kappa shape index (κ2) is 7.40. The molecular weight excluding hydrogens is 356 g/mol. The third-order valence-corrected chi connectivity index (χ3v) is 6.98. The first-order valence-electron chi connectivity index (χ1n) is 9.09. The van der Waals surface area contributed by atoms with Crippen LogP contribution in [0, 0.1) is 11.3 Å². The lowest BCUT2D eigenvalue weighted by atomic mass is 9.71. The Labute approximate surface area is 160 Å². The van der Waals surface area contributed by atoms with Gasteiger partial charge in [0.1, 0.15) is 5.60 Å². The molecule has 1 heterocycles. The molecule has 0 amide bonds. The van der Waals surface area contributed by atoms with Gasteiger partial charge >= 0.3 is 0 Å². The van der Waals surface area contributed by atoms with Crippen LogP contribution in [-0.2, 0) is 14.5 Å². The number of benzene rings is 1. The molecule has 1 aliphatic heterocycles. The van der Waals surface area contributed by atoms with E-state index in [1.807, 2.05) is 31.2 Å². The van der Waals surface area contributed by atoms with Crippen LogP contribution in [0.25, 0.3) is 0 Å². The number of ether oxygens (including phenoxy) is 1. The summed E-state index contributed by atoms with van der Waals surface area (Å²) in [5, 5.41) is 0.754. The molecule has 3 nitrogen and oxygen atoms in total. The van der Waals surface area contributed by atoms with E-state index in [-0.39, 0.29) is 0 Å². The normalized spacial score (nSPS) is 33.6. The third kappa shape index (κ3) is 4.92. The largest absolute Gasteiger partial charge is 0.344 e. The number of hydrogen-bond acceptors (Lipinski definition) is 4. The van der Waals surface area contributed by atoms with Gasteiger partial charge in [-0.1, -0.05) is 32.4 Å². The van der Waals surface area contributed by atoms with E-state index in [0.717, 1.165) is 42.4 Å². The van der Waals surface area contributed by atoms with Crippen molar-refractivity contribution >= 4 is 23.4 Å². The van der Waals surface area contributed by atoms with E-state index in [1.165, 1.54) is 4.90 Å². The van der Waals surface area contributed by atoms with Gasteiger partial charge in [0.25, 0.3) is 0 Å². The monoisotopic (exact) mass is 384 g/mol. The predicted molar refractivity (Wildman–Crippen MR) is 103 cm³/mol. The zero-order chi connectivity index (χ0) is 18.1. The molecule has 1 unspecified atom stereocenters. The minimum absolute atomic E-state index is 0.348. The van der Waals surface area contributed by atoms with Gasteiger partial charge < -0.3 is 4.74 Å². The Bertz CT molecular complexity index is 564. The molecule has 3 rings (SSSR count). The van der Waals surface area contributed by atoms with Crippen molar-refractivity contribution in [1.29, 1.82) is 0 Å².